The third-order valence-electron chi connectivity index (χ3n) is 5.01. The molecule has 0 amide bonds. The van der Waals surface area contributed by atoms with Crippen LogP contribution in [0.25, 0.3) is 5.41 Å². The highest BCUT2D eigenvalue weighted by atomic mass is 32.1. The molecule has 1 fully saturated rings. The highest BCUT2D eigenvalue weighted by Crippen LogP contribution is 2.11. The second-order valence-corrected chi connectivity index (χ2v) is 7.51. The normalized spacial score (nSPS) is 19.9. The fourth-order valence-corrected chi connectivity index (χ4v) is 3.59. The zero-order valence-corrected chi connectivity index (χ0v) is 16.6. The van der Waals surface area contributed by atoms with Gasteiger partial charge in [0.15, 0.2) is 0 Å². The number of likely N-dealkylation sites (tertiary alicyclic amines) is 1. The van der Waals surface area contributed by atoms with Gasteiger partial charge in [0, 0.05) is 12.3 Å². The van der Waals surface area contributed by atoms with Gasteiger partial charge in [-0.2, -0.15) is 5.16 Å². The third kappa shape index (κ3) is 16.4. The van der Waals surface area contributed by atoms with Crippen molar-refractivity contribution in [3.8, 4) is 0 Å². The minimum Gasteiger partial charge on any atom is -0.753 e. The molecular formula is C20H40N2S. The maximum atomic E-state index is 7.13. The topological polar surface area (TPSA) is 26.7 Å². The summed E-state index contributed by atoms with van der Waals surface area (Å²) in [6.45, 7) is 9.04. The van der Waals surface area contributed by atoms with E-state index in [0.717, 1.165) is 5.92 Å². The van der Waals surface area contributed by atoms with Crippen molar-refractivity contribution >= 4 is 17.4 Å². The van der Waals surface area contributed by atoms with E-state index in [1.165, 1.54) is 108 Å². The van der Waals surface area contributed by atoms with Gasteiger partial charge in [0.2, 0.25) is 0 Å². The Morgan fingerprint density at radius 3 is 1.74 bits per heavy atom. The van der Waals surface area contributed by atoms with E-state index in [4.69, 9.17) is 5.41 Å². The maximum absolute atomic E-state index is 7.13. The summed E-state index contributed by atoms with van der Waals surface area (Å²) in [5.41, 5.74) is 0. The van der Waals surface area contributed by atoms with E-state index in [1.54, 1.807) is 0 Å². The fraction of sp³-hybridized carbons (Fsp3) is 0.950. The van der Waals surface area contributed by atoms with Crippen LogP contribution in [-0.2, 0) is 0 Å². The number of thiocarbonyl (C=S) groups is 1. The molecule has 2 unspecified atom stereocenters. The van der Waals surface area contributed by atoms with Crippen LogP contribution in [0.3, 0.4) is 0 Å². The average Bonchev–Trinajstić information content (AvgIpc) is 2.95. The lowest BCUT2D eigenvalue weighted by molar-refractivity contribution is -0.889. The molecule has 0 aliphatic carbocycles. The van der Waals surface area contributed by atoms with Crippen LogP contribution in [0.4, 0.5) is 0 Å². The smallest absolute Gasteiger partial charge is 0.0799 e. The van der Waals surface area contributed by atoms with Gasteiger partial charge in [0.05, 0.1) is 19.6 Å². The zero-order valence-electron chi connectivity index (χ0n) is 15.7. The van der Waals surface area contributed by atoms with Crippen molar-refractivity contribution in [2.75, 3.05) is 19.6 Å². The van der Waals surface area contributed by atoms with Crippen LogP contribution < -0.4 is 4.90 Å². The molecule has 0 aromatic carbocycles. The number of unbranched alkanes of at least 4 members (excludes halogenated alkanes) is 11. The molecule has 1 rings (SSSR count). The number of nitrogens with one attached hydrogen (secondary N) is 1. The summed E-state index contributed by atoms with van der Waals surface area (Å²) in [4.78, 5) is 1.88. The number of quaternary nitrogens is 1. The van der Waals surface area contributed by atoms with Crippen molar-refractivity contribution in [2.45, 2.75) is 97.3 Å². The zero-order chi connectivity index (χ0) is 17.2. The van der Waals surface area contributed by atoms with Crippen molar-refractivity contribution in [1.82, 2.24) is 0 Å². The summed E-state index contributed by atoms with van der Waals surface area (Å²) in [6, 6.07) is 0. The van der Waals surface area contributed by atoms with Crippen LogP contribution in [-0.4, -0.2) is 24.8 Å². The lowest BCUT2D eigenvalue weighted by atomic mass is 10.1. The van der Waals surface area contributed by atoms with Crippen LogP contribution in [0.2, 0.25) is 0 Å². The maximum Gasteiger partial charge on any atom is 0.0799 e. The molecule has 1 heterocycles. The highest BCUT2D eigenvalue weighted by Gasteiger charge is 2.21. The van der Waals surface area contributed by atoms with Gasteiger partial charge in [0.25, 0.3) is 0 Å². The number of isothiocyanates is 1. The van der Waals surface area contributed by atoms with Gasteiger partial charge in [-0.3, -0.25) is 0 Å². The molecule has 0 radical (unpaired) electrons. The van der Waals surface area contributed by atoms with Gasteiger partial charge in [-0.1, -0.05) is 90.3 Å². The Morgan fingerprint density at radius 1 is 0.913 bits per heavy atom. The predicted octanol–water partition coefficient (Wildman–Crippen LogP) is 5.27. The van der Waals surface area contributed by atoms with Gasteiger partial charge in [-0.15, -0.1) is 0 Å². The van der Waals surface area contributed by atoms with Crippen molar-refractivity contribution in [3.05, 3.63) is 5.41 Å². The second-order valence-electron chi connectivity index (χ2n) is 7.33. The minimum absolute atomic E-state index is 0.988. The number of rotatable bonds is 13. The van der Waals surface area contributed by atoms with Gasteiger partial charge in [-0.25, -0.2) is 0 Å². The predicted molar refractivity (Wildman–Crippen MR) is 106 cm³/mol. The molecule has 1 saturated heterocycles. The Hall–Kier alpha value is -0.240. The Labute approximate surface area is 150 Å². The summed E-state index contributed by atoms with van der Waals surface area (Å²) in [6.07, 6.45) is 19.1. The molecule has 136 valence electrons. The summed E-state index contributed by atoms with van der Waals surface area (Å²) in [7, 11) is 0. The molecule has 0 bridgehead atoms. The number of nitrogens with zero attached hydrogens (tertiary/aromatic N) is 1. The average molecular weight is 341 g/mol. The van der Waals surface area contributed by atoms with Gasteiger partial charge < -0.3 is 10.3 Å². The standard InChI is InChI=1S/C19H39N.CNS/c1-3-4-5-6-7-8-9-10-11-12-13-14-16-20-17-15-19(2)18-20;2-1-3/h19H,3-18H2,1-2H3;/q;-1/p+1. The number of hydrogen-bond donors (Lipinski definition) is 1. The van der Waals surface area contributed by atoms with E-state index in [1.807, 2.05) is 4.90 Å². The van der Waals surface area contributed by atoms with E-state index in [9.17, 15) is 0 Å². The molecule has 1 N–H and O–H groups in total. The van der Waals surface area contributed by atoms with Crippen molar-refractivity contribution < 1.29 is 4.90 Å². The fourth-order valence-electron chi connectivity index (χ4n) is 3.59. The third-order valence-corrected chi connectivity index (χ3v) is 5.01. The van der Waals surface area contributed by atoms with Gasteiger partial charge >= 0.3 is 0 Å². The molecule has 23 heavy (non-hydrogen) atoms. The molecule has 0 saturated carbocycles. The monoisotopic (exact) mass is 340 g/mol. The molecule has 1 aliphatic rings. The molecule has 2 nitrogen and oxygen atoms in total. The summed E-state index contributed by atoms with van der Waals surface area (Å²) in [5.74, 6) is 0.988. The molecule has 3 heteroatoms. The SMILES string of the molecule is CCCCCCCCCCCCCC[NH+]1CCC(C)C1.[N-]=C=S. The van der Waals surface area contributed by atoms with Crippen molar-refractivity contribution in [2.24, 2.45) is 5.92 Å². The largest absolute Gasteiger partial charge is 0.753 e. The molecule has 0 aromatic heterocycles. The second kappa shape index (κ2) is 18.1. The van der Waals surface area contributed by atoms with E-state index in [-0.39, 0.29) is 0 Å². The van der Waals surface area contributed by atoms with Crippen LogP contribution in [0.1, 0.15) is 97.3 Å². The molecule has 0 aromatic rings. The lowest BCUT2D eigenvalue weighted by Crippen LogP contribution is -3.10. The molecule has 2 atom stereocenters. The highest BCUT2D eigenvalue weighted by molar-refractivity contribution is 7.78. The van der Waals surface area contributed by atoms with E-state index >= 15 is 0 Å². The first-order valence-electron chi connectivity index (χ1n) is 10.1. The van der Waals surface area contributed by atoms with Crippen LogP contribution in [0.5, 0.6) is 0 Å². The van der Waals surface area contributed by atoms with Crippen LogP contribution in [0, 0.1) is 5.92 Å². The van der Waals surface area contributed by atoms with Gasteiger partial charge in [-0.05, 0) is 12.8 Å². The Kier molecular flexibility index (Phi) is 17.9. The summed E-state index contributed by atoms with van der Waals surface area (Å²) in [5, 5.41) is 8.47. The van der Waals surface area contributed by atoms with Gasteiger partial charge in [0.1, 0.15) is 0 Å². The Balaban J connectivity index is 0.00000149. The van der Waals surface area contributed by atoms with Crippen LogP contribution >= 0.6 is 12.2 Å². The van der Waals surface area contributed by atoms with Crippen LogP contribution in [0.15, 0.2) is 0 Å². The first-order chi connectivity index (χ1) is 11.2. The first kappa shape index (κ1) is 22.8. The van der Waals surface area contributed by atoms with E-state index in [0.29, 0.717) is 0 Å². The van der Waals surface area contributed by atoms with Crippen molar-refractivity contribution in [3.63, 3.8) is 0 Å². The molecule has 0 spiro atoms. The molecule has 1 aliphatic heterocycles. The van der Waals surface area contributed by atoms with Crippen molar-refractivity contribution in [1.29, 1.82) is 0 Å². The summed E-state index contributed by atoms with van der Waals surface area (Å²) < 4.78 is 0. The lowest BCUT2D eigenvalue weighted by Gasteiger charge is -2.12. The molecular weight excluding hydrogens is 300 g/mol. The summed E-state index contributed by atoms with van der Waals surface area (Å²) >= 11 is 3.70. The Bertz CT molecular complexity index is 275. The first-order valence-corrected chi connectivity index (χ1v) is 10.5. The van der Waals surface area contributed by atoms with E-state index in [2.05, 4.69) is 26.1 Å². The minimum atomic E-state index is 0.988. The number of hydrogen-bond acceptors (Lipinski definition) is 1. The Morgan fingerprint density at radius 2 is 1.35 bits per heavy atom. The quantitative estimate of drug-likeness (QED) is 0.276. The van der Waals surface area contributed by atoms with E-state index < -0.39 is 0 Å².